The quantitative estimate of drug-likeness (QED) is 0.654. The van der Waals surface area contributed by atoms with Crippen LogP contribution in [-0.4, -0.2) is 51.3 Å². The van der Waals surface area contributed by atoms with Crippen molar-refractivity contribution in [3.63, 3.8) is 0 Å². The maximum Gasteiger partial charge on any atom is 0.354 e. The van der Waals surface area contributed by atoms with E-state index in [0.29, 0.717) is 12.2 Å². The molecule has 110 valence electrons. The molecule has 1 aromatic rings. The number of carbonyl (C=O) groups is 2. The van der Waals surface area contributed by atoms with Crippen LogP contribution in [0.25, 0.3) is 0 Å². The van der Waals surface area contributed by atoms with Crippen LogP contribution in [0.15, 0.2) is 6.07 Å². The fourth-order valence-electron chi connectivity index (χ4n) is 2.28. The van der Waals surface area contributed by atoms with Gasteiger partial charge < -0.3 is 25.4 Å². The molecule has 2 atom stereocenters. The van der Waals surface area contributed by atoms with E-state index in [0.717, 1.165) is 6.42 Å². The average molecular weight is 281 g/mol. The number of β-amino-alcohol motifs (C(OH)–C–C–N with tert-alkyl or cyclic N) is 1. The van der Waals surface area contributed by atoms with E-state index in [4.69, 9.17) is 5.11 Å². The third-order valence-electron chi connectivity index (χ3n) is 3.61. The van der Waals surface area contributed by atoms with Crippen LogP contribution in [0.3, 0.4) is 0 Å². The first-order valence-electron chi connectivity index (χ1n) is 6.55. The number of aromatic nitrogens is 1. The van der Waals surface area contributed by atoms with Crippen molar-refractivity contribution < 1.29 is 19.8 Å². The molecule has 1 saturated heterocycles. The number of likely N-dealkylation sites (tertiary alicyclic amines) is 1. The number of amides is 2. The number of carboxylic acid groups (broad SMARTS) is 1. The lowest BCUT2D eigenvalue weighted by atomic mass is 9.96. The van der Waals surface area contributed by atoms with Gasteiger partial charge in [0.1, 0.15) is 5.69 Å². The predicted octanol–water partition coefficient (Wildman–Crippen LogP) is 1.26. The van der Waals surface area contributed by atoms with Gasteiger partial charge in [-0.15, -0.1) is 0 Å². The molecule has 0 saturated carbocycles. The van der Waals surface area contributed by atoms with E-state index in [1.165, 1.54) is 4.90 Å². The van der Waals surface area contributed by atoms with Crippen LogP contribution in [0, 0.1) is 12.8 Å². The summed E-state index contributed by atoms with van der Waals surface area (Å²) in [4.78, 5) is 27.3. The molecule has 0 bridgehead atoms. The van der Waals surface area contributed by atoms with E-state index in [-0.39, 0.29) is 23.8 Å². The zero-order chi connectivity index (χ0) is 14.9. The molecular weight excluding hydrogens is 262 g/mol. The summed E-state index contributed by atoms with van der Waals surface area (Å²) in [6.07, 6.45) is 0.188. The lowest BCUT2D eigenvalue weighted by molar-refractivity contribution is 0.0463. The van der Waals surface area contributed by atoms with Crippen molar-refractivity contribution in [2.75, 3.05) is 18.4 Å². The molecule has 0 radical (unpaired) electrons. The highest BCUT2D eigenvalue weighted by Gasteiger charge is 2.28. The Bertz CT molecular complexity index is 526. The molecule has 2 amide bonds. The van der Waals surface area contributed by atoms with Gasteiger partial charge in [-0.05, 0) is 25.3 Å². The number of nitrogens with one attached hydrogen (secondary N) is 2. The summed E-state index contributed by atoms with van der Waals surface area (Å²) >= 11 is 0. The van der Waals surface area contributed by atoms with Gasteiger partial charge in [0.15, 0.2) is 0 Å². The van der Waals surface area contributed by atoms with Crippen molar-refractivity contribution in [2.45, 2.75) is 26.4 Å². The van der Waals surface area contributed by atoms with Gasteiger partial charge in [-0.3, -0.25) is 0 Å². The molecule has 0 aliphatic carbocycles. The van der Waals surface area contributed by atoms with Gasteiger partial charge in [-0.25, -0.2) is 9.59 Å². The fraction of sp³-hybridized carbons (Fsp3) is 0.538. The van der Waals surface area contributed by atoms with Gasteiger partial charge in [-0.2, -0.15) is 0 Å². The molecule has 20 heavy (non-hydrogen) atoms. The lowest BCUT2D eigenvalue weighted by Crippen LogP contribution is -2.47. The molecule has 7 heteroatoms. The number of aliphatic hydroxyl groups is 1. The van der Waals surface area contributed by atoms with Crippen molar-refractivity contribution in [1.82, 2.24) is 9.88 Å². The van der Waals surface area contributed by atoms with Gasteiger partial charge in [0, 0.05) is 18.8 Å². The molecule has 0 spiro atoms. The van der Waals surface area contributed by atoms with Crippen molar-refractivity contribution in [3.05, 3.63) is 17.5 Å². The molecule has 1 fully saturated rings. The largest absolute Gasteiger partial charge is 0.477 e. The Morgan fingerprint density at radius 3 is 2.80 bits per heavy atom. The van der Waals surface area contributed by atoms with Gasteiger partial charge in [-0.1, -0.05) is 6.92 Å². The Hall–Kier alpha value is -2.02. The molecule has 2 unspecified atom stereocenters. The number of aromatic carboxylic acids is 1. The number of nitrogens with zero attached hydrogens (tertiary/aromatic N) is 1. The second kappa shape index (κ2) is 5.54. The SMILES string of the molecule is Cc1cc(NC(=O)N2CCC(C)C(O)C2)c(C(=O)O)[nH]1. The number of rotatable bonds is 2. The van der Waals surface area contributed by atoms with E-state index in [1.54, 1.807) is 13.0 Å². The highest BCUT2D eigenvalue weighted by atomic mass is 16.4. The molecular formula is C13H19N3O4. The second-order valence-electron chi connectivity index (χ2n) is 5.26. The van der Waals surface area contributed by atoms with Crippen LogP contribution in [-0.2, 0) is 0 Å². The average Bonchev–Trinajstić information content (AvgIpc) is 2.73. The first kappa shape index (κ1) is 14.4. The van der Waals surface area contributed by atoms with E-state index in [2.05, 4.69) is 10.3 Å². The fourth-order valence-corrected chi connectivity index (χ4v) is 2.28. The number of piperidine rings is 1. The van der Waals surface area contributed by atoms with Crippen LogP contribution in [0.4, 0.5) is 10.5 Å². The zero-order valence-electron chi connectivity index (χ0n) is 11.5. The smallest absolute Gasteiger partial charge is 0.354 e. The van der Waals surface area contributed by atoms with Crippen molar-refractivity contribution in [3.8, 4) is 0 Å². The summed E-state index contributed by atoms with van der Waals surface area (Å²) in [6.45, 7) is 4.47. The Kier molecular flexibility index (Phi) is 3.99. The summed E-state index contributed by atoms with van der Waals surface area (Å²) in [7, 11) is 0. The first-order valence-corrected chi connectivity index (χ1v) is 6.55. The summed E-state index contributed by atoms with van der Waals surface area (Å²) < 4.78 is 0. The van der Waals surface area contributed by atoms with Crippen LogP contribution in [0.5, 0.6) is 0 Å². The predicted molar refractivity (Wildman–Crippen MR) is 72.9 cm³/mol. The van der Waals surface area contributed by atoms with Crippen LogP contribution in [0.1, 0.15) is 29.5 Å². The number of aromatic amines is 1. The lowest BCUT2D eigenvalue weighted by Gasteiger charge is -2.34. The minimum absolute atomic E-state index is 0.0400. The molecule has 2 rings (SSSR count). The van der Waals surface area contributed by atoms with Gasteiger partial charge in [0.2, 0.25) is 0 Å². The number of anilines is 1. The number of carboxylic acids is 1. The van der Waals surface area contributed by atoms with Gasteiger partial charge in [0.05, 0.1) is 11.8 Å². The number of aryl methyl sites for hydroxylation is 1. The number of H-pyrrole nitrogens is 1. The van der Waals surface area contributed by atoms with E-state index in [9.17, 15) is 14.7 Å². The molecule has 1 aliphatic heterocycles. The maximum absolute atomic E-state index is 12.1. The van der Waals surface area contributed by atoms with Crippen LogP contribution < -0.4 is 5.32 Å². The highest BCUT2D eigenvalue weighted by molar-refractivity contribution is 5.99. The number of urea groups is 1. The van der Waals surface area contributed by atoms with E-state index >= 15 is 0 Å². The monoisotopic (exact) mass is 281 g/mol. The van der Waals surface area contributed by atoms with Crippen LogP contribution in [0.2, 0.25) is 0 Å². The molecule has 4 N–H and O–H groups in total. The van der Waals surface area contributed by atoms with E-state index in [1.807, 2.05) is 6.92 Å². The summed E-state index contributed by atoms with van der Waals surface area (Å²) in [5.41, 5.74) is 0.861. The number of hydrogen-bond donors (Lipinski definition) is 4. The topological polar surface area (TPSA) is 106 Å². The van der Waals surface area contributed by atoms with Crippen LogP contribution >= 0.6 is 0 Å². The molecule has 1 aliphatic rings. The normalized spacial score (nSPS) is 22.6. The summed E-state index contributed by atoms with van der Waals surface area (Å²) in [5, 5.41) is 21.4. The van der Waals surface area contributed by atoms with Crippen molar-refractivity contribution in [2.24, 2.45) is 5.92 Å². The Morgan fingerprint density at radius 1 is 1.50 bits per heavy atom. The molecule has 7 nitrogen and oxygen atoms in total. The minimum Gasteiger partial charge on any atom is -0.477 e. The first-order chi connectivity index (χ1) is 9.38. The number of carbonyl (C=O) groups excluding carboxylic acids is 1. The van der Waals surface area contributed by atoms with E-state index < -0.39 is 18.1 Å². The highest BCUT2D eigenvalue weighted by Crippen LogP contribution is 2.20. The molecule has 2 heterocycles. The van der Waals surface area contributed by atoms with Crippen molar-refractivity contribution >= 4 is 17.7 Å². The van der Waals surface area contributed by atoms with Crippen molar-refractivity contribution in [1.29, 1.82) is 0 Å². The summed E-state index contributed by atoms with van der Waals surface area (Å²) in [5.74, 6) is -0.955. The minimum atomic E-state index is -1.12. The molecule has 0 aromatic carbocycles. The Balaban J connectivity index is 2.07. The standard InChI is InChI=1S/C13H19N3O4/c1-7-3-4-16(6-10(7)17)13(20)15-9-5-8(2)14-11(9)12(18)19/h5,7,10,14,17H,3-4,6H2,1-2H3,(H,15,20)(H,18,19). The maximum atomic E-state index is 12.1. The summed E-state index contributed by atoms with van der Waals surface area (Å²) in [6, 6.07) is 1.18. The third-order valence-corrected chi connectivity index (χ3v) is 3.61. The number of aliphatic hydroxyl groups excluding tert-OH is 1. The van der Waals surface area contributed by atoms with Gasteiger partial charge in [0.25, 0.3) is 0 Å². The second-order valence-corrected chi connectivity index (χ2v) is 5.26. The Morgan fingerprint density at radius 2 is 2.20 bits per heavy atom. The Labute approximate surface area is 116 Å². The zero-order valence-corrected chi connectivity index (χ0v) is 11.5. The van der Waals surface area contributed by atoms with Gasteiger partial charge >= 0.3 is 12.0 Å². The third kappa shape index (κ3) is 2.93. The number of hydrogen-bond acceptors (Lipinski definition) is 3. The molecule has 1 aromatic heterocycles.